The second-order valence-corrected chi connectivity index (χ2v) is 5.39. The van der Waals surface area contributed by atoms with Crippen LogP contribution in [0, 0.1) is 0 Å². The van der Waals surface area contributed by atoms with Gasteiger partial charge in [0.2, 0.25) is 5.91 Å². The molecule has 1 amide bonds. The molecule has 0 aromatic heterocycles. The fourth-order valence-electron chi connectivity index (χ4n) is 3.23. The highest BCUT2D eigenvalue weighted by atomic mass is 16.3. The molecule has 2 N–H and O–H groups in total. The van der Waals surface area contributed by atoms with Crippen LogP contribution in [0.2, 0.25) is 0 Å². The van der Waals surface area contributed by atoms with Gasteiger partial charge in [-0.25, -0.2) is 0 Å². The Morgan fingerprint density at radius 1 is 1.42 bits per heavy atom. The molecule has 4 nitrogen and oxygen atoms in total. The first-order valence-electron chi connectivity index (χ1n) is 7.01. The van der Waals surface area contributed by atoms with Crippen molar-refractivity contribution in [2.75, 3.05) is 19.7 Å². The van der Waals surface area contributed by atoms with Gasteiger partial charge in [-0.15, -0.1) is 0 Å². The fraction of sp³-hybridized carbons (Fsp3) is 0.533. The van der Waals surface area contributed by atoms with Gasteiger partial charge in [0, 0.05) is 19.6 Å². The van der Waals surface area contributed by atoms with E-state index >= 15 is 0 Å². The third kappa shape index (κ3) is 2.26. The van der Waals surface area contributed by atoms with Gasteiger partial charge in [-0.05, 0) is 24.0 Å². The lowest BCUT2D eigenvalue weighted by atomic mass is 9.89. The Bertz CT molecular complexity index is 475. The SMILES string of the molecule is O=C(C1CNCc2ccccc21)N1CCC[C@H]1CO. The first-order valence-corrected chi connectivity index (χ1v) is 7.01. The number of carbonyl (C=O) groups is 1. The number of benzene rings is 1. The van der Waals surface area contributed by atoms with Crippen LogP contribution in [0.15, 0.2) is 24.3 Å². The summed E-state index contributed by atoms with van der Waals surface area (Å²) in [5.41, 5.74) is 2.36. The molecular formula is C15H20N2O2. The van der Waals surface area contributed by atoms with Crippen LogP contribution in [-0.4, -0.2) is 41.7 Å². The Labute approximate surface area is 113 Å². The minimum absolute atomic E-state index is 0.0154. The Morgan fingerprint density at radius 3 is 3.11 bits per heavy atom. The summed E-state index contributed by atoms with van der Waals surface area (Å²) in [5.74, 6) is 0.0632. The van der Waals surface area contributed by atoms with Gasteiger partial charge in [0.05, 0.1) is 18.6 Å². The number of aliphatic hydroxyl groups excluding tert-OH is 1. The molecule has 0 saturated carbocycles. The molecule has 1 unspecified atom stereocenters. The monoisotopic (exact) mass is 260 g/mol. The molecule has 0 bridgehead atoms. The molecule has 0 spiro atoms. The fourth-order valence-corrected chi connectivity index (χ4v) is 3.23. The summed E-state index contributed by atoms with van der Waals surface area (Å²) in [6.07, 6.45) is 1.92. The summed E-state index contributed by atoms with van der Waals surface area (Å²) in [7, 11) is 0. The van der Waals surface area contributed by atoms with Crippen molar-refractivity contribution in [1.29, 1.82) is 0 Å². The summed E-state index contributed by atoms with van der Waals surface area (Å²) >= 11 is 0. The summed E-state index contributed by atoms with van der Waals surface area (Å²) in [6, 6.07) is 8.16. The van der Waals surface area contributed by atoms with E-state index in [0.29, 0.717) is 6.54 Å². The lowest BCUT2D eigenvalue weighted by Crippen LogP contribution is -2.44. The number of amides is 1. The zero-order valence-electron chi connectivity index (χ0n) is 11.0. The normalized spacial score (nSPS) is 26.3. The van der Waals surface area contributed by atoms with E-state index in [1.165, 1.54) is 5.56 Å². The number of aliphatic hydroxyl groups is 1. The Hall–Kier alpha value is -1.39. The Kier molecular flexibility index (Phi) is 3.53. The van der Waals surface area contributed by atoms with Gasteiger partial charge in [0.15, 0.2) is 0 Å². The van der Waals surface area contributed by atoms with Crippen molar-refractivity contribution < 1.29 is 9.90 Å². The third-order valence-corrected chi connectivity index (χ3v) is 4.26. The molecule has 19 heavy (non-hydrogen) atoms. The topological polar surface area (TPSA) is 52.6 Å². The van der Waals surface area contributed by atoms with Crippen LogP contribution < -0.4 is 5.32 Å². The van der Waals surface area contributed by atoms with E-state index in [4.69, 9.17) is 0 Å². The lowest BCUT2D eigenvalue weighted by Gasteiger charge is -2.31. The standard InChI is InChI=1S/C15H20N2O2/c18-10-12-5-3-7-17(12)15(19)14-9-16-8-11-4-1-2-6-13(11)14/h1-2,4,6,12,14,16,18H,3,5,7-10H2/t12-,14?/m0/s1. The van der Waals surface area contributed by atoms with Gasteiger partial charge in [-0.3, -0.25) is 4.79 Å². The molecule has 0 radical (unpaired) electrons. The zero-order chi connectivity index (χ0) is 13.2. The molecule has 2 heterocycles. The highest BCUT2D eigenvalue weighted by Crippen LogP contribution is 2.28. The second kappa shape index (κ2) is 5.31. The van der Waals surface area contributed by atoms with Crippen LogP contribution in [0.1, 0.15) is 29.9 Å². The Morgan fingerprint density at radius 2 is 2.26 bits per heavy atom. The van der Waals surface area contributed by atoms with Crippen LogP contribution in [-0.2, 0) is 11.3 Å². The molecule has 2 aliphatic heterocycles. The number of nitrogens with one attached hydrogen (secondary N) is 1. The number of nitrogens with zero attached hydrogens (tertiary/aromatic N) is 1. The maximum absolute atomic E-state index is 12.7. The number of likely N-dealkylation sites (tertiary alicyclic amines) is 1. The van der Waals surface area contributed by atoms with Gasteiger partial charge in [-0.1, -0.05) is 24.3 Å². The molecule has 1 aromatic carbocycles. The average Bonchev–Trinajstić information content (AvgIpc) is 2.94. The van der Waals surface area contributed by atoms with Crippen molar-refractivity contribution in [3.05, 3.63) is 35.4 Å². The zero-order valence-corrected chi connectivity index (χ0v) is 11.0. The van der Waals surface area contributed by atoms with Crippen LogP contribution in [0.3, 0.4) is 0 Å². The maximum Gasteiger partial charge on any atom is 0.231 e. The number of carbonyl (C=O) groups excluding carboxylic acids is 1. The first-order chi connectivity index (χ1) is 9.31. The van der Waals surface area contributed by atoms with Crippen molar-refractivity contribution in [2.45, 2.75) is 31.3 Å². The van der Waals surface area contributed by atoms with E-state index in [1.807, 2.05) is 17.0 Å². The van der Waals surface area contributed by atoms with Crippen LogP contribution >= 0.6 is 0 Å². The maximum atomic E-state index is 12.7. The summed E-state index contributed by atoms with van der Waals surface area (Å²) in [4.78, 5) is 14.6. The van der Waals surface area contributed by atoms with Crippen LogP contribution in [0.25, 0.3) is 0 Å². The molecule has 2 aliphatic rings. The molecule has 4 heteroatoms. The van der Waals surface area contributed by atoms with E-state index < -0.39 is 0 Å². The number of fused-ring (bicyclic) bond motifs is 1. The highest BCUT2D eigenvalue weighted by molar-refractivity contribution is 5.85. The van der Waals surface area contributed by atoms with Gasteiger partial charge < -0.3 is 15.3 Å². The number of hydrogen-bond donors (Lipinski definition) is 2. The molecular weight excluding hydrogens is 240 g/mol. The molecule has 1 saturated heterocycles. The van der Waals surface area contributed by atoms with Crippen molar-refractivity contribution in [1.82, 2.24) is 10.2 Å². The quantitative estimate of drug-likeness (QED) is 0.829. The first kappa shape index (κ1) is 12.6. The average molecular weight is 260 g/mol. The van der Waals surface area contributed by atoms with E-state index in [1.54, 1.807) is 0 Å². The van der Waals surface area contributed by atoms with E-state index in [9.17, 15) is 9.90 Å². The molecule has 3 rings (SSSR count). The van der Waals surface area contributed by atoms with Crippen molar-refractivity contribution in [2.24, 2.45) is 0 Å². The van der Waals surface area contributed by atoms with Crippen molar-refractivity contribution >= 4 is 5.91 Å². The summed E-state index contributed by atoms with van der Waals surface area (Å²) in [6.45, 7) is 2.39. The van der Waals surface area contributed by atoms with E-state index in [-0.39, 0.29) is 24.5 Å². The summed E-state index contributed by atoms with van der Waals surface area (Å²) in [5, 5.41) is 12.7. The smallest absolute Gasteiger partial charge is 0.231 e. The molecule has 2 atom stereocenters. The minimum Gasteiger partial charge on any atom is -0.394 e. The van der Waals surface area contributed by atoms with Crippen molar-refractivity contribution in [3.63, 3.8) is 0 Å². The molecule has 0 aliphatic carbocycles. The van der Waals surface area contributed by atoms with Crippen molar-refractivity contribution in [3.8, 4) is 0 Å². The highest BCUT2D eigenvalue weighted by Gasteiger charge is 2.35. The van der Waals surface area contributed by atoms with E-state index in [0.717, 1.165) is 31.5 Å². The van der Waals surface area contributed by atoms with Crippen LogP contribution in [0.5, 0.6) is 0 Å². The predicted octanol–water partition coefficient (Wildman–Crippen LogP) is 0.857. The summed E-state index contributed by atoms with van der Waals surface area (Å²) < 4.78 is 0. The van der Waals surface area contributed by atoms with Gasteiger partial charge >= 0.3 is 0 Å². The van der Waals surface area contributed by atoms with E-state index in [2.05, 4.69) is 17.4 Å². The minimum atomic E-state index is -0.0999. The van der Waals surface area contributed by atoms with Gasteiger partial charge in [0.1, 0.15) is 0 Å². The second-order valence-electron chi connectivity index (χ2n) is 5.39. The third-order valence-electron chi connectivity index (χ3n) is 4.26. The molecule has 102 valence electrons. The Balaban J connectivity index is 1.85. The lowest BCUT2D eigenvalue weighted by molar-refractivity contribution is -0.134. The molecule has 1 aromatic rings. The predicted molar refractivity (Wildman–Crippen MR) is 72.7 cm³/mol. The number of rotatable bonds is 2. The molecule has 1 fully saturated rings. The van der Waals surface area contributed by atoms with Crippen LogP contribution in [0.4, 0.5) is 0 Å². The van der Waals surface area contributed by atoms with Gasteiger partial charge in [-0.2, -0.15) is 0 Å². The largest absolute Gasteiger partial charge is 0.394 e. The van der Waals surface area contributed by atoms with Gasteiger partial charge in [0.25, 0.3) is 0 Å². The number of hydrogen-bond acceptors (Lipinski definition) is 3.